The topological polar surface area (TPSA) is 75.6 Å². The summed E-state index contributed by atoms with van der Waals surface area (Å²) in [4.78, 5) is 25.5. The van der Waals surface area contributed by atoms with E-state index >= 15 is 0 Å². The van der Waals surface area contributed by atoms with E-state index < -0.39 is 17.4 Å². The first-order valence-corrected chi connectivity index (χ1v) is 11.6. The van der Waals surface area contributed by atoms with E-state index in [1.54, 1.807) is 13.0 Å². The molecule has 168 valence electrons. The number of carboxylic acids is 1. The summed E-state index contributed by atoms with van der Waals surface area (Å²) in [6.07, 6.45) is 2.24. The summed E-state index contributed by atoms with van der Waals surface area (Å²) in [7, 11) is 0. The van der Waals surface area contributed by atoms with Crippen molar-refractivity contribution in [2.24, 2.45) is 0 Å². The number of hydrogen-bond donors (Lipinski definition) is 2. The fraction of sp³-hybridized carbons (Fsp3) is 0.308. The molecule has 1 amide bonds. The van der Waals surface area contributed by atoms with Gasteiger partial charge in [0.1, 0.15) is 17.9 Å². The first kappa shape index (κ1) is 23.8. The van der Waals surface area contributed by atoms with Crippen LogP contribution >= 0.6 is 15.9 Å². The molecule has 5 nitrogen and oxygen atoms in total. The molecule has 3 aromatic carbocycles. The lowest BCUT2D eigenvalue weighted by Gasteiger charge is -2.30. The van der Waals surface area contributed by atoms with Gasteiger partial charge in [-0.05, 0) is 42.0 Å². The van der Waals surface area contributed by atoms with Crippen molar-refractivity contribution in [1.82, 2.24) is 5.32 Å². The number of carboxylic acid groups (broad SMARTS) is 1. The summed E-state index contributed by atoms with van der Waals surface area (Å²) in [6, 6.07) is 19.0. The lowest BCUT2D eigenvalue weighted by molar-refractivity contribution is -0.145. The van der Waals surface area contributed by atoms with Crippen molar-refractivity contribution in [2.45, 2.75) is 51.7 Å². The fourth-order valence-corrected chi connectivity index (χ4v) is 3.98. The molecule has 1 unspecified atom stereocenters. The monoisotopic (exact) mass is 497 g/mol. The predicted molar refractivity (Wildman–Crippen MR) is 130 cm³/mol. The fourth-order valence-electron chi connectivity index (χ4n) is 3.72. The molecule has 0 aliphatic heterocycles. The van der Waals surface area contributed by atoms with E-state index in [0.717, 1.165) is 27.2 Å². The zero-order valence-electron chi connectivity index (χ0n) is 18.4. The lowest BCUT2D eigenvalue weighted by Crippen LogP contribution is -2.54. The Balaban J connectivity index is 1.97. The van der Waals surface area contributed by atoms with E-state index in [2.05, 4.69) is 21.2 Å². The number of ether oxygens (including phenoxy) is 1. The van der Waals surface area contributed by atoms with Crippen molar-refractivity contribution in [3.8, 4) is 5.75 Å². The Morgan fingerprint density at radius 3 is 2.41 bits per heavy atom. The number of carbonyl (C=O) groups is 2. The van der Waals surface area contributed by atoms with Gasteiger partial charge in [-0.2, -0.15) is 0 Å². The Morgan fingerprint density at radius 1 is 1.03 bits per heavy atom. The number of halogens is 1. The minimum absolute atomic E-state index is 0.287. The highest BCUT2D eigenvalue weighted by molar-refractivity contribution is 9.10. The Hall–Kier alpha value is -2.86. The first-order chi connectivity index (χ1) is 15.4. The number of hydrogen-bond acceptors (Lipinski definition) is 3. The Labute approximate surface area is 196 Å². The molecule has 0 fully saturated rings. The molecule has 0 aliphatic rings. The number of benzene rings is 3. The molecule has 0 radical (unpaired) electrons. The zero-order valence-corrected chi connectivity index (χ0v) is 19.9. The summed E-state index contributed by atoms with van der Waals surface area (Å²) < 4.78 is 7.14. The number of rotatable bonds is 10. The van der Waals surface area contributed by atoms with Gasteiger partial charge in [-0.25, -0.2) is 4.79 Å². The Morgan fingerprint density at radius 2 is 1.75 bits per heavy atom. The van der Waals surface area contributed by atoms with Crippen LogP contribution in [0.5, 0.6) is 5.75 Å². The van der Waals surface area contributed by atoms with E-state index in [4.69, 9.17) is 4.74 Å². The molecule has 32 heavy (non-hydrogen) atoms. The highest BCUT2D eigenvalue weighted by Crippen LogP contribution is 2.32. The van der Waals surface area contributed by atoms with E-state index in [1.807, 2.05) is 61.5 Å². The maximum Gasteiger partial charge on any atom is 0.329 e. The van der Waals surface area contributed by atoms with Gasteiger partial charge in [-0.3, -0.25) is 4.79 Å². The summed E-state index contributed by atoms with van der Waals surface area (Å²) >= 11 is 3.43. The molecule has 0 saturated carbocycles. The molecule has 0 aliphatic carbocycles. The number of fused-ring (bicyclic) bond motifs is 1. The van der Waals surface area contributed by atoms with E-state index in [9.17, 15) is 14.7 Å². The summed E-state index contributed by atoms with van der Waals surface area (Å²) in [6.45, 7) is 4.08. The van der Waals surface area contributed by atoms with Crippen molar-refractivity contribution < 1.29 is 19.4 Å². The van der Waals surface area contributed by atoms with Gasteiger partial charge in [0.05, 0.1) is 5.56 Å². The molecular weight excluding hydrogens is 470 g/mol. The van der Waals surface area contributed by atoms with E-state index in [-0.39, 0.29) is 6.61 Å². The summed E-state index contributed by atoms with van der Waals surface area (Å²) in [5.74, 6) is -1.00. The van der Waals surface area contributed by atoms with Gasteiger partial charge in [-0.1, -0.05) is 85.1 Å². The van der Waals surface area contributed by atoms with Gasteiger partial charge < -0.3 is 15.2 Å². The highest BCUT2D eigenvalue weighted by Gasteiger charge is 2.38. The lowest BCUT2D eigenvalue weighted by atomic mass is 9.89. The van der Waals surface area contributed by atoms with Crippen molar-refractivity contribution in [3.05, 3.63) is 76.3 Å². The van der Waals surface area contributed by atoms with Crippen LogP contribution in [0.1, 0.15) is 55.5 Å². The largest absolute Gasteiger partial charge is 0.487 e. The van der Waals surface area contributed by atoms with Crippen LogP contribution in [0.4, 0.5) is 0 Å². The Bertz CT molecular complexity index is 1100. The second-order valence-electron chi connectivity index (χ2n) is 7.88. The Kier molecular flexibility index (Phi) is 7.91. The molecule has 3 aromatic rings. The van der Waals surface area contributed by atoms with Gasteiger partial charge in [0.2, 0.25) is 0 Å². The van der Waals surface area contributed by atoms with Gasteiger partial charge in [-0.15, -0.1) is 0 Å². The average molecular weight is 498 g/mol. The van der Waals surface area contributed by atoms with Crippen molar-refractivity contribution in [2.75, 3.05) is 0 Å². The normalized spacial score (nSPS) is 12.8. The van der Waals surface area contributed by atoms with Crippen LogP contribution in [-0.2, 0) is 11.4 Å². The third-order valence-corrected chi connectivity index (χ3v) is 6.27. The van der Waals surface area contributed by atoms with Gasteiger partial charge >= 0.3 is 5.97 Å². The number of unbranched alkanes of at least 4 members (excludes halogenated alkanes) is 1. The van der Waals surface area contributed by atoms with Crippen LogP contribution in [0.2, 0.25) is 0 Å². The minimum Gasteiger partial charge on any atom is -0.487 e. The van der Waals surface area contributed by atoms with Gasteiger partial charge in [0, 0.05) is 9.86 Å². The maximum atomic E-state index is 13.3. The molecule has 6 heteroatoms. The molecule has 0 aromatic heterocycles. The quantitative estimate of drug-likeness (QED) is 0.342. The second kappa shape index (κ2) is 10.6. The number of nitrogens with one attached hydrogen (secondary N) is 1. The third-order valence-electron chi connectivity index (χ3n) is 5.74. The van der Waals surface area contributed by atoms with Crippen LogP contribution < -0.4 is 10.1 Å². The minimum atomic E-state index is -1.30. The van der Waals surface area contributed by atoms with E-state index in [0.29, 0.717) is 30.6 Å². The molecule has 0 saturated heterocycles. The molecular formula is C26H28BrNO4. The average Bonchev–Trinajstić information content (AvgIpc) is 2.80. The number of carbonyl (C=O) groups excluding carboxylic acids is 1. The summed E-state index contributed by atoms with van der Waals surface area (Å²) in [5, 5.41) is 14.5. The van der Waals surface area contributed by atoms with Crippen molar-refractivity contribution in [1.29, 1.82) is 0 Å². The molecule has 0 bridgehead atoms. The SMILES string of the molecule is CCCCC(CC)(NC(=O)c1ccc2ccccc2c1OCc1ccc(Br)cc1)C(=O)O. The molecule has 0 spiro atoms. The maximum absolute atomic E-state index is 13.3. The molecule has 1 atom stereocenters. The van der Waals surface area contributed by atoms with Crippen LogP contribution in [0, 0.1) is 0 Å². The van der Waals surface area contributed by atoms with Crippen LogP contribution in [0.25, 0.3) is 10.8 Å². The standard InChI is InChI=1S/C26H28BrNO4/c1-3-5-16-26(4-2,25(30)31)28-24(29)22-15-12-19-8-6-7-9-21(19)23(22)32-17-18-10-13-20(27)14-11-18/h6-15H,3-5,16-17H2,1-2H3,(H,28,29)(H,30,31). The van der Waals surface area contributed by atoms with Crippen LogP contribution in [-0.4, -0.2) is 22.5 Å². The smallest absolute Gasteiger partial charge is 0.329 e. The van der Waals surface area contributed by atoms with Gasteiger partial charge in [0.15, 0.2) is 0 Å². The third kappa shape index (κ3) is 5.30. The van der Waals surface area contributed by atoms with Gasteiger partial charge in [0.25, 0.3) is 5.91 Å². The molecule has 2 N–H and O–H groups in total. The predicted octanol–water partition coefficient (Wildman–Crippen LogP) is 6.33. The van der Waals surface area contributed by atoms with Crippen LogP contribution in [0.3, 0.4) is 0 Å². The summed E-state index contributed by atoms with van der Waals surface area (Å²) in [5.41, 5.74) is -0.0119. The molecule has 0 heterocycles. The van der Waals surface area contributed by atoms with E-state index in [1.165, 1.54) is 0 Å². The van der Waals surface area contributed by atoms with Crippen LogP contribution in [0.15, 0.2) is 65.1 Å². The zero-order chi connectivity index (χ0) is 23.1. The number of amides is 1. The number of aliphatic carboxylic acids is 1. The van der Waals surface area contributed by atoms with Crippen molar-refractivity contribution >= 4 is 38.6 Å². The second-order valence-corrected chi connectivity index (χ2v) is 8.79. The highest BCUT2D eigenvalue weighted by atomic mass is 79.9. The van der Waals surface area contributed by atoms with Crippen molar-refractivity contribution in [3.63, 3.8) is 0 Å². The molecule has 3 rings (SSSR count). The first-order valence-electron chi connectivity index (χ1n) is 10.8.